The van der Waals surface area contributed by atoms with Gasteiger partial charge in [0, 0.05) is 18.8 Å². The van der Waals surface area contributed by atoms with Crippen LogP contribution in [0.1, 0.15) is 12.0 Å². The van der Waals surface area contributed by atoms with Crippen LogP contribution in [0.25, 0.3) is 0 Å². The molecule has 1 aromatic rings. The predicted octanol–water partition coefficient (Wildman–Crippen LogP) is 0.921. The Hall–Kier alpha value is -1.55. The summed E-state index contributed by atoms with van der Waals surface area (Å²) in [7, 11) is 1.39. The van der Waals surface area contributed by atoms with Crippen molar-refractivity contribution in [3.05, 3.63) is 29.8 Å². The number of nitrogens with two attached hydrogens (primary N) is 1. The van der Waals surface area contributed by atoms with Crippen molar-refractivity contribution in [3.63, 3.8) is 0 Å². The van der Waals surface area contributed by atoms with E-state index in [4.69, 9.17) is 5.73 Å². The number of esters is 1. The Morgan fingerprint density at radius 1 is 1.47 bits per heavy atom. The molecular weight excluding hydrogens is 192 g/mol. The van der Waals surface area contributed by atoms with E-state index in [-0.39, 0.29) is 5.97 Å². The third kappa shape index (κ3) is 3.99. The number of anilines is 1. The Morgan fingerprint density at radius 2 is 2.20 bits per heavy atom. The summed E-state index contributed by atoms with van der Waals surface area (Å²) in [6.07, 6.45) is 0.378. The van der Waals surface area contributed by atoms with Gasteiger partial charge in [0.2, 0.25) is 0 Å². The van der Waals surface area contributed by atoms with Gasteiger partial charge in [0.15, 0.2) is 0 Å². The molecule has 0 atom stereocenters. The molecule has 0 saturated carbocycles. The quantitative estimate of drug-likeness (QED) is 0.429. The molecule has 0 saturated heterocycles. The molecule has 0 aromatic heterocycles. The van der Waals surface area contributed by atoms with Crippen LogP contribution in [0.5, 0.6) is 0 Å². The Labute approximate surface area is 89.4 Å². The summed E-state index contributed by atoms with van der Waals surface area (Å²) in [4.78, 5) is 10.8. The van der Waals surface area contributed by atoms with Crippen molar-refractivity contribution >= 4 is 11.7 Å². The van der Waals surface area contributed by atoms with Crippen LogP contribution in [0.2, 0.25) is 0 Å². The third-order valence-electron chi connectivity index (χ3n) is 2.10. The van der Waals surface area contributed by atoms with E-state index in [1.165, 1.54) is 7.11 Å². The van der Waals surface area contributed by atoms with Gasteiger partial charge in [-0.1, -0.05) is 18.2 Å². The Morgan fingerprint density at radius 3 is 2.87 bits per heavy atom. The number of ether oxygens (including phenoxy) is 1. The highest BCUT2D eigenvalue weighted by Crippen LogP contribution is 2.09. The molecule has 1 rings (SSSR count). The molecule has 0 unspecified atom stereocenters. The van der Waals surface area contributed by atoms with Gasteiger partial charge in [-0.05, 0) is 11.6 Å². The highest BCUT2D eigenvalue weighted by atomic mass is 16.5. The number of carbonyl (C=O) groups is 1. The maximum atomic E-state index is 10.8. The van der Waals surface area contributed by atoms with E-state index in [1.807, 2.05) is 24.3 Å². The van der Waals surface area contributed by atoms with Crippen molar-refractivity contribution in [3.8, 4) is 0 Å². The van der Waals surface area contributed by atoms with Crippen LogP contribution in [0.3, 0.4) is 0 Å². The molecule has 1 aromatic carbocycles. The average Bonchev–Trinajstić information content (AvgIpc) is 2.26. The number of methoxy groups -OCH3 is 1. The summed E-state index contributed by atoms with van der Waals surface area (Å²) < 4.78 is 4.52. The molecule has 3 N–H and O–H groups in total. The van der Waals surface area contributed by atoms with Gasteiger partial charge in [0.05, 0.1) is 13.5 Å². The molecule has 0 aliphatic carbocycles. The van der Waals surface area contributed by atoms with Crippen molar-refractivity contribution < 1.29 is 9.53 Å². The largest absolute Gasteiger partial charge is 0.469 e. The molecule has 0 aliphatic heterocycles. The molecule has 82 valence electrons. The summed E-state index contributed by atoms with van der Waals surface area (Å²) in [5.74, 6) is -0.205. The van der Waals surface area contributed by atoms with Gasteiger partial charge in [-0.25, -0.2) is 0 Å². The van der Waals surface area contributed by atoms with Crippen molar-refractivity contribution in [1.82, 2.24) is 5.32 Å². The van der Waals surface area contributed by atoms with Crippen LogP contribution in [-0.2, 0) is 16.1 Å². The van der Waals surface area contributed by atoms with Crippen LogP contribution in [0.15, 0.2) is 24.3 Å². The summed E-state index contributed by atoms with van der Waals surface area (Å²) >= 11 is 0. The lowest BCUT2D eigenvalue weighted by Gasteiger charge is -2.06. The van der Waals surface area contributed by atoms with Crippen molar-refractivity contribution in [2.45, 2.75) is 13.0 Å². The minimum absolute atomic E-state index is 0.205. The molecule has 0 fully saturated rings. The second kappa shape index (κ2) is 6.03. The van der Waals surface area contributed by atoms with Crippen LogP contribution in [0, 0.1) is 0 Å². The molecule has 4 nitrogen and oxygen atoms in total. The molecule has 4 heteroatoms. The minimum Gasteiger partial charge on any atom is -0.469 e. The van der Waals surface area contributed by atoms with Gasteiger partial charge < -0.3 is 15.8 Å². The maximum Gasteiger partial charge on any atom is 0.306 e. The van der Waals surface area contributed by atoms with Crippen LogP contribution < -0.4 is 11.1 Å². The fourth-order valence-corrected chi connectivity index (χ4v) is 1.21. The maximum absolute atomic E-state index is 10.8. The first kappa shape index (κ1) is 11.5. The second-order valence-corrected chi connectivity index (χ2v) is 3.20. The van der Waals surface area contributed by atoms with Gasteiger partial charge in [-0.15, -0.1) is 0 Å². The smallest absolute Gasteiger partial charge is 0.306 e. The molecule has 0 aliphatic rings. The van der Waals surface area contributed by atoms with E-state index in [2.05, 4.69) is 10.1 Å². The summed E-state index contributed by atoms with van der Waals surface area (Å²) in [6, 6.07) is 7.65. The average molecular weight is 208 g/mol. The number of carbonyl (C=O) groups excluding carboxylic acids is 1. The molecule has 0 bridgehead atoms. The van der Waals surface area contributed by atoms with Gasteiger partial charge in [0.1, 0.15) is 0 Å². The lowest BCUT2D eigenvalue weighted by atomic mass is 10.2. The number of hydrogen-bond acceptors (Lipinski definition) is 4. The lowest BCUT2D eigenvalue weighted by molar-refractivity contribution is -0.140. The lowest BCUT2D eigenvalue weighted by Crippen LogP contribution is -2.19. The topological polar surface area (TPSA) is 64.3 Å². The van der Waals surface area contributed by atoms with Gasteiger partial charge in [0.25, 0.3) is 0 Å². The first-order valence-electron chi connectivity index (χ1n) is 4.85. The predicted molar refractivity (Wildman–Crippen MR) is 59.2 cm³/mol. The summed E-state index contributed by atoms with van der Waals surface area (Å²) in [5, 5.41) is 3.13. The Bertz CT molecular complexity index is 326. The number of nitrogen functional groups attached to an aromatic ring is 1. The van der Waals surface area contributed by atoms with Gasteiger partial charge in [-0.3, -0.25) is 4.79 Å². The number of rotatable bonds is 5. The Kier molecular flexibility index (Phi) is 4.63. The first-order chi connectivity index (χ1) is 7.24. The van der Waals surface area contributed by atoms with E-state index >= 15 is 0 Å². The standard InChI is InChI=1S/C11H16N2O2/c1-15-11(14)6-7-13-8-9-4-2-3-5-10(9)12/h2-5,13H,6-8,12H2,1H3. The molecule has 0 spiro atoms. The highest BCUT2D eigenvalue weighted by Gasteiger charge is 2.00. The van der Waals surface area contributed by atoms with Crippen LogP contribution in [0.4, 0.5) is 5.69 Å². The molecule has 0 radical (unpaired) electrons. The van der Waals surface area contributed by atoms with E-state index in [1.54, 1.807) is 0 Å². The molecule has 0 amide bonds. The number of benzene rings is 1. The van der Waals surface area contributed by atoms with E-state index in [0.717, 1.165) is 11.3 Å². The van der Waals surface area contributed by atoms with Gasteiger partial charge >= 0.3 is 5.97 Å². The second-order valence-electron chi connectivity index (χ2n) is 3.20. The highest BCUT2D eigenvalue weighted by molar-refractivity contribution is 5.69. The van der Waals surface area contributed by atoms with Crippen LogP contribution in [-0.4, -0.2) is 19.6 Å². The SMILES string of the molecule is COC(=O)CCNCc1ccccc1N. The zero-order valence-electron chi connectivity index (χ0n) is 8.82. The van der Waals surface area contributed by atoms with E-state index in [9.17, 15) is 4.79 Å². The normalized spacial score (nSPS) is 9.93. The number of para-hydroxylation sites is 1. The third-order valence-corrected chi connectivity index (χ3v) is 2.10. The van der Waals surface area contributed by atoms with E-state index < -0.39 is 0 Å². The first-order valence-corrected chi connectivity index (χ1v) is 4.85. The fourth-order valence-electron chi connectivity index (χ4n) is 1.21. The minimum atomic E-state index is -0.205. The van der Waals surface area contributed by atoms with Crippen molar-refractivity contribution in [1.29, 1.82) is 0 Å². The number of hydrogen-bond donors (Lipinski definition) is 2. The van der Waals surface area contributed by atoms with Crippen LogP contribution >= 0.6 is 0 Å². The molecule has 0 heterocycles. The van der Waals surface area contributed by atoms with E-state index in [0.29, 0.717) is 19.5 Å². The number of nitrogens with one attached hydrogen (secondary N) is 1. The zero-order chi connectivity index (χ0) is 11.1. The van der Waals surface area contributed by atoms with Crippen molar-refractivity contribution in [2.75, 3.05) is 19.4 Å². The monoisotopic (exact) mass is 208 g/mol. The van der Waals surface area contributed by atoms with Crippen molar-refractivity contribution in [2.24, 2.45) is 0 Å². The molecular formula is C11H16N2O2. The molecule has 15 heavy (non-hydrogen) atoms. The Balaban J connectivity index is 2.26. The zero-order valence-corrected chi connectivity index (χ0v) is 8.82. The van der Waals surface area contributed by atoms with Gasteiger partial charge in [-0.2, -0.15) is 0 Å². The summed E-state index contributed by atoms with van der Waals surface area (Å²) in [5.41, 5.74) is 7.57. The fraction of sp³-hybridized carbons (Fsp3) is 0.364. The summed E-state index contributed by atoms with van der Waals surface area (Å²) in [6.45, 7) is 1.27.